The molecule has 0 amide bonds. The number of carbonyl (C=O) groups excluding carboxylic acids is 1. The summed E-state index contributed by atoms with van der Waals surface area (Å²) >= 11 is 0. The number of benzene rings is 1. The van der Waals surface area contributed by atoms with Gasteiger partial charge in [-0.1, -0.05) is 31.4 Å². The predicted molar refractivity (Wildman–Crippen MR) is 63.4 cm³/mol. The Morgan fingerprint density at radius 2 is 2.00 bits per heavy atom. The van der Waals surface area contributed by atoms with Crippen molar-refractivity contribution in [2.75, 3.05) is 0 Å². The Morgan fingerprint density at radius 1 is 1.25 bits per heavy atom. The number of aryl methyl sites for hydroxylation is 1. The van der Waals surface area contributed by atoms with Gasteiger partial charge in [0.2, 0.25) is 0 Å². The van der Waals surface area contributed by atoms with Crippen molar-refractivity contribution < 1.29 is 9.53 Å². The van der Waals surface area contributed by atoms with Gasteiger partial charge in [-0.05, 0) is 37.5 Å². The summed E-state index contributed by atoms with van der Waals surface area (Å²) in [5.41, 5.74) is 1.12. The van der Waals surface area contributed by atoms with E-state index in [1.165, 1.54) is 6.42 Å². The molecular formula is C14H18O2. The third-order valence-corrected chi connectivity index (χ3v) is 3.15. The molecule has 16 heavy (non-hydrogen) atoms. The van der Waals surface area contributed by atoms with E-state index in [0.29, 0.717) is 5.75 Å². The van der Waals surface area contributed by atoms with E-state index in [0.717, 1.165) is 31.2 Å². The van der Waals surface area contributed by atoms with Gasteiger partial charge in [0.05, 0.1) is 5.92 Å². The fraction of sp³-hybridized carbons (Fsp3) is 0.500. The summed E-state index contributed by atoms with van der Waals surface area (Å²) in [5, 5.41) is 0. The van der Waals surface area contributed by atoms with Crippen LogP contribution in [-0.4, -0.2) is 5.97 Å². The minimum atomic E-state index is -0.0506. The molecule has 1 aliphatic rings. The highest BCUT2D eigenvalue weighted by Gasteiger charge is 2.22. The van der Waals surface area contributed by atoms with Gasteiger partial charge in [-0.2, -0.15) is 0 Å². The third-order valence-electron chi connectivity index (χ3n) is 3.15. The molecule has 1 aliphatic carbocycles. The van der Waals surface area contributed by atoms with Gasteiger partial charge in [-0.25, -0.2) is 0 Å². The molecule has 0 atom stereocenters. The molecule has 1 aromatic rings. The van der Waals surface area contributed by atoms with Gasteiger partial charge < -0.3 is 4.74 Å². The van der Waals surface area contributed by atoms with Crippen LogP contribution in [0.2, 0.25) is 0 Å². The smallest absolute Gasteiger partial charge is 0.314 e. The van der Waals surface area contributed by atoms with Crippen molar-refractivity contribution in [1.29, 1.82) is 0 Å². The molecule has 0 bridgehead atoms. The highest BCUT2D eigenvalue weighted by Crippen LogP contribution is 2.25. The van der Waals surface area contributed by atoms with E-state index in [-0.39, 0.29) is 11.9 Å². The molecule has 0 heterocycles. The third kappa shape index (κ3) is 2.84. The predicted octanol–water partition coefficient (Wildman–Crippen LogP) is 3.48. The van der Waals surface area contributed by atoms with Crippen LogP contribution in [-0.2, 0) is 4.79 Å². The molecule has 2 heteroatoms. The number of rotatable bonds is 2. The monoisotopic (exact) mass is 218 g/mol. The van der Waals surface area contributed by atoms with Crippen molar-refractivity contribution in [3.05, 3.63) is 29.8 Å². The molecule has 1 saturated carbocycles. The normalized spacial score (nSPS) is 17.1. The van der Waals surface area contributed by atoms with E-state index in [1.54, 1.807) is 0 Å². The standard InChI is InChI=1S/C14H18O2/c1-11-6-5-9-13(10-11)16-14(15)12-7-3-2-4-8-12/h5-6,9-10,12H,2-4,7-8H2,1H3. The van der Waals surface area contributed by atoms with Crippen LogP contribution in [0.25, 0.3) is 0 Å². The summed E-state index contributed by atoms with van der Waals surface area (Å²) in [6, 6.07) is 7.66. The van der Waals surface area contributed by atoms with Gasteiger partial charge in [0.1, 0.15) is 5.75 Å². The van der Waals surface area contributed by atoms with Crippen LogP contribution < -0.4 is 4.74 Å². The molecule has 0 saturated heterocycles. The molecule has 0 spiro atoms. The summed E-state index contributed by atoms with van der Waals surface area (Å²) in [7, 11) is 0. The molecular weight excluding hydrogens is 200 g/mol. The van der Waals surface area contributed by atoms with Crippen molar-refractivity contribution in [3.63, 3.8) is 0 Å². The zero-order valence-corrected chi connectivity index (χ0v) is 9.74. The van der Waals surface area contributed by atoms with Gasteiger partial charge in [-0.3, -0.25) is 4.79 Å². The van der Waals surface area contributed by atoms with Crippen molar-refractivity contribution in [2.45, 2.75) is 39.0 Å². The topological polar surface area (TPSA) is 26.3 Å². The number of hydrogen-bond donors (Lipinski definition) is 0. The Kier molecular flexibility index (Phi) is 3.60. The van der Waals surface area contributed by atoms with Crippen LogP contribution in [0, 0.1) is 12.8 Å². The molecule has 86 valence electrons. The first-order valence-corrected chi connectivity index (χ1v) is 6.04. The first kappa shape index (κ1) is 11.2. The highest BCUT2D eigenvalue weighted by molar-refractivity contribution is 5.75. The Labute approximate surface area is 96.6 Å². The van der Waals surface area contributed by atoms with E-state index in [1.807, 2.05) is 31.2 Å². The van der Waals surface area contributed by atoms with Crippen LogP contribution in [0.4, 0.5) is 0 Å². The van der Waals surface area contributed by atoms with Gasteiger partial charge in [0.25, 0.3) is 0 Å². The SMILES string of the molecule is Cc1cccc(OC(=O)C2CCCCC2)c1. The Morgan fingerprint density at radius 3 is 2.69 bits per heavy atom. The summed E-state index contributed by atoms with van der Waals surface area (Å²) in [5.74, 6) is 0.745. The molecule has 1 fully saturated rings. The largest absolute Gasteiger partial charge is 0.426 e. The van der Waals surface area contributed by atoms with E-state index >= 15 is 0 Å². The zero-order valence-electron chi connectivity index (χ0n) is 9.74. The Balaban J connectivity index is 1.96. The molecule has 0 N–H and O–H groups in total. The van der Waals surface area contributed by atoms with E-state index < -0.39 is 0 Å². The van der Waals surface area contributed by atoms with Crippen molar-refractivity contribution in [2.24, 2.45) is 5.92 Å². The second-order valence-electron chi connectivity index (χ2n) is 4.57. The number of carbonyl (C=O) groups is 1. The lowest BCUT2D eigenvalue weighted by molar-refractivity contribution is -0.139. The van der Waals surface area contributed by atoms with Gasteiger partial charge in [0.15, 0.2) is 0 Å². The second kappa shape index (κ2) is 5.15. The van der Waals surface area contributed by atoms with E-state index in [2.05, 4.69) is 0 Å². The molecule has 1 aromatic carbocycles. The summed E-state index contributed by atoms with van der Waals surface area (Å²) < 4.78 is 5.40. The molecule has 0 aliphatic heterocycles. The first-order valence-electron chi connectivity index (χ1n) is 6.04. The highest BCUT2D eigenvalue weighted by atomic mass is 16.5. The van der Waals surface area contributed by atoms with Crippen LogP contribution in [0.5, 0.6) is 5.75 Å². The van der Waals surface area contributed by atoms with E-state index in [4.69, 9.17) is 4.74 Å². The lowest BCUT2D eigenvalue weighted by atomic mass is 9.89. The van der Waals surface area contributed by atoms with Crippen LogP contribution in [0.15, 0.2) is 24.3 Å². The van der Waals surface area contributed by atoms with Gasteiger partial charge in [0, 0.05) is 0 Å². The first-order chi connectivity index (χ1) is 7.75. The Hall–Kier alpha value is -1.31. The van der Waals surface area contributed by atoms with Crippen molar-refractivity contribution in [3.8, 4) is 5.75 Å². The molecule has 0 radical (unpaired) electrons. The van der Waals surface area contributed by atoms with E-state index in [9.17, 15) is 4.79 Å². The summed E-state index contributed by atoms with van der Waals surface area (Å²) in [4.78, 5) is 11.9. The fourth-order valence-electron chi connectivity index (χ4n) is 2.22. The molecule has 0 unspecified atom stereocenters. The maximum Gasteiger partial charge on any atom is 0.314 e. The Bertz CT molecular complexity index is 365. The van der Waals surface area contributed by atoms with Crippen LogP contribution in [0.1, 0.15) is 37.7 Å². The van der Waals surface area contributed by atoms with Crippen LogP contribution in [0.3, 0.4) is 0 Å². The number of ether oxygens (including phenoxy) is 1. The number of esters is 1. The van der Waals surface area contributed by atoms with Crippen molar-refractivity contribution >= 4 is 5.97 Å². The minimum Gasteiger partial charge on any atom is -0.426 e. The van der Waals surface area contributed by atoms with Gasteiger partial charge in [-0.15, -0.1) is 0 Å². The second-order valence-corrected chi connectivity index (χ2v) is 4.57. The summed E-state index contributed by atoms with van der Waals surface area (Å²) in [6.45, 7) is 2.00. The minimum absolute atomic E-state index is 0.0506. The summed E-state index contributed by atoms with van der Waals surface area (Å²) in [6.07, 6.45) is 5.56. The number of hydrogen-bond acceptors (Lipinski definition) is 2. The lowest BCUT2D eigenvalue weighted by Crippen LogP contribution is -2.22. The van der Waals surface area contributed by atoms with Crippen molar-refractivity contribution in [1.82, 2.24) is 0 Å². The average Bonchev–Trinajstić information content (AvgIpc) is 2.30. The quantitative estimate of drug-likeness (QED) is 0.561. The molecule has 2 rings (SSSR count). The molecule has 0 aromatic heterocycles. The fourth-order valence-corrected chi connectivity index (χ4v) is 2.22. The van der Waals surface area contributed by atoms with Crippen LogP contribution >= 0.6 is 0 Å². The maximum absolute atomic E-state index is 11.9. The molecule has 2 nitrogen and oxygen atoms in total. The van der Waals surface area contributed by atoms with Gasteiger partial charge >= 0.3 is 5.97 Å². The average molecular weight is 218 g/mol. The zero-order chi connectivity index (χ0) is 11.4. The maximum atomic E-state index is 11.9. The lowest BCUT2D eigenvalue weighted by Gasteiger charge is -2.19.